The molecule has 1 amide bonds. The van der Waals surface area contributed by atoms with Crippen molar-refractivity contribution in [3.63, 3.8) is 0 Å². The quantitative estimate of drug-likeness (QED) is 0.694. The third-order valence-corrected chi connectivity index (χ3v) is 3.40. The molecule has 1 atom stereocenters. The molecule has 2 aromatic carbocycles. The summed E-state index contributed by atoms with van der Waals surface area (Å²) in [5.41, 5.74) is 11.7. The van der Waals surface area contributed by atoms with E-state index in [4.69, 9.17) is 5.73 Å². The molecule has 1 radical (unpaired) electrons. The summed E-state index contributed by atoms with van der Waals surface area (Å²) in [6.45, 7) is 0. The van der Waals surface area contributed by atoms with Crippen LogP contribution in [0.2, 0.25) is 0 Å². The highest BCUT2D eigenvalue weighted by molar-refractivity contribution is 6.04. The summed E-state index contributed by atoms with van der Waals surface area (Å²) in [5, 5.41) is 0. The molecule has 1 unspecified atom stereocenters. The summed E-state index contributed by atoms with van der Waals surface area (Å²) in [7, 11) is 1.73. The fourth-order valence-electron chi connectivity index (χ4n) is 2.43. The van der Waals surface area contributed by atoms with E-state index in [0.29, 0.717) is 0 Å². The van der Waals surface area contributed by atoms with Gasteiger partial charge in [0.1, 0.15) is 6.04 Å². The van der Waals surface area contributed by atoms with Crippen molar-refractivity contribution < 1.29 is 4.79 Å². The van der Waals surface area contributed by atoms with Crippen molar-refractivity contribution in [3.8, 4) is 11.1 Å². The predicted molar refractivity (Wildman–Crippen MR) is 71.1 cm³/mol. The predicted octanol–water partition coefficient (Wildman–Crippen LogP) is 2.65. The third kappa shape index (κ3) is 1.45. The van der Waals surface area contributed by atoms with Crippen LogP contribution < -0.4 is 10.6 Å². The van der Waals surface area contributed by atoms with Gasteiger partial charge in [0, 0.05) is 12.6 Å². The largest absolute Gasteiger partial charge is 0.313 e. The molecule has 0 fully saturated rings. The smallest absolute Gasteiger partial charge is 0.249 e. The molecule has 0 saturated carbocycles. The molecule has 2 aromatic rings. The molecule has 3 nitrogen and oxygen atoms in total. The van der Waals surface area contributed by atoms with Crippen molar-refractivity contribution in [2.24, 2.45) is 0 Å². The van der Waals surface area contributed by atoms with Gasteiger partial charge in [-0.25, -0.2) is 5.73 Å². The van der Waals surface area contributed by atoms with Crippen LogP contribution in [0, 0.1) is 0 Å². The van der Waals surface area contributed by atoms with E-state index < -0.39 is 6.04 Å². The Hall–Kier alpha value is -2.13. The monoisotopic (exact) mass is 237 g/mol. The van der Waals surface area contributed by atoms with Crippen LogP contribution in [0.3, 0.4) is 0 Å². The van der Waals surface area contributed by atoms with Crippen LogP contribution in [0.5, 0.6) is 0 Å². The van der Waals surface area contributed by atoms with E-state index in [2.05, 4.69) is 0 Å². The van der Waals surface area contributed by atoms with Gasteiger partial charge in [-0.15, -0.1) is 0 Å². The Morgan fingerprint density at radius 1 is 1.00 bits per heavy atom. The molecule has 0 saturated heterocycles. The van der Waals surface area contributed by atoms with E-state index in [-0.39, 0.29) is 5.91 Å². The number of nitrogens with one attached hydrogen (secondary N) is 1. The fraction of sp³-hybridized carbons (Fsp3) is 0.133. The van der Waals surface area contributed by atoms with Crippen molar-refractivity contribution in [3.05, 3.63) is 54.1 Å². The summed E-state index contributed by atoms with van der Waals surface area (Å²) in [6.07, 6.45) is 0. The van der Waals surface area contributed by atoms with Crippen LogP contribution in [0.1, 0.15) is 11.6 Å². The minimum Gasteiger partial charge on any atom is -0.313 e. The highest BCUT2D eigenvalue weighted by atomic mass is 16.2. The topological polar surface area (TPSA) is 44.1 Å². The molecular weight excluding hydrogens is 224 g/mol. The van der Waals surface area contributed by atoms with E-state index in [1.807, 2.05) is 48.5 Å². The molecule has 1 aliphatic rings. The lowest BCUT2D eigenvalue weighted by Gasteiger charge is -2.18. The number of rotatable bonds is 0. The van der Waals surface area contributed by atoms with Crippen LogP contribution in [0.25, 0.3) is 11.1 Å². The molecule has 89 valence electrons. The third-order valence-electron chi connectivity index (χ3n) is 3.40. The fourth-order valence-corrected chi connectivity index (χ4v) is 2.43. The van der Waals surface area contributed by atoms with Crippen LogP contribution in [0.15, 0.2) is 48.5 Å². The van der Waals surface area contributed by atoms with Crippen LogP contribution in [0.4, 0.5) is 5.69 Å². The zero-order valence-electron chi connectivity index (χ0n) is 10.1. The zero-order chi connectivity index (χ0) is 12.7. The maximum atomic E-state index is 12.2. The van der Waals surface area contributed by atoms with Gasteiger partial charge in [0.05, 0.1) is 5.69 Å². The maximum absolute atomic E-state index is 12.2. The van der Waals surface area contributed by atoms with Crippen molar-refractivity contribution in [2.45, 2.75) is 6.04 Å². The van der Waals surface area contributed by atoms with E-state index in [0.717, 1.165) is 22.4 Å². The molecule has 18 heavy (non-hydrogen) atoms. The normalized spacial score (nSPS) is 18.0. The molecule has 0 bridgehead atoms. The number of carbonyl (C=O) groups excluding carboxylic acids is 1. The summed E-state index contributed by atoms with van der Waals surface area (Å²) in [6, 6.07) is 14.6. The molecule has 1 heterocycles. The summed E-state index contributed by atoms with van der Waals surface area (Å²) < 4.78 is 0. The first-order chi connectivity index (χ1) is 8.70. The summed E-state index contributed by atoms with van der Waals surface area (Å²) in [5.74, 6) is -0.188. The first-order valence-electron chi connectivity index (χ1n) is 5.87. The number of carbonyl (C=O) groups is 1. The summed E-state index contributed by atoms with van der Waals surface area (Å²) in [4.78, 5) is 13.8. The van der Waals surface area contributed by atoms with Gasteiger partial charge >= 0.3 is 0 Å². The molecule has 1 N–H and O–H groups in total. The van der Waals surface area contributed by atoms with E-state index >= 15 is 0 Å². The SMILES string of the molecule is CN1C(=O)C([NH])c2ccccc2-c2ccccc21. The van der Waals surface area contributed by atoms with Crippen LogP contribution in [-0.4, -0.2) is 13.0 Å². The maximum Gasteiger partial charge on any atom is 0.249 e. The second kappa shape index (κ2) is 3.96. The van der Waals surface area contributed by atoms with Crippen LogP contribution >= 0.6 is 0 Å². The number of likely N-dealkylation sites (N-methyl/N-ethyl adjacent to an activating group) is 1. The number of hydrogen-bond acceptors (Lipinski definition) is 1. The Bertz CT molecular complexity index is 568. The van der Waals surface area contributed by atoms with Gasteiger partial charge in [-0.3, -0.25) is 4.79 Å². The van der Waals surface area contributed by atoms with Gasteiger partial charge in [0.25, 0.3) is 0 Å². The van der Waals surface area contributed by atoms with Crippen molar-refractivity contribution in [1.82, 2.24) is 5.73 Å². The lowest BCUT2D eigenvalue weighted by Crippen LogP contribution is -2.31. The van der Waals surface area contributed by atoms with Crippen LogP contribution in [-0.2, 0) is 4.79 Å². The highest BCUT2D eigenvalue weighted by Gasteiger charge is 2.29. The molecule has 1 aliphatic heterocycles. The van der Waals surface area contributed by atoms with Gasteiger partial charge < -0.3 is 4.90 Å². The number of para-hydroxylation sites is 1. The number of hydrogen-bond donors (Lipinski definition) is 0. The van der Waals surface area contributed by atoms with Gasteiger partial charge in [-0.1, -0.05) is 42.5 Å². The second-order valence-electron chi connectivity index (χ2n) is 4.43. The molecule has 0 aliphatic carbocycles. The Labute approximate surface area is 106 Å². The molecule has 0 aromatic heterocycles. The first kappa shape index (κ1) is 11.0. The van der Waals surface area contributed by atoms with Gasteiger partial charge in [-0.2, -0.15) is 0 Å². The van der Waals surface area contributed by atoms with Crippen molar-refractivity contribution >= 4 is 11.6 Å². The van der Waals surface area contributed by atoms with Crippen molar-refractivity contribution in [2.75, 3.05) is 11.9 Å². The molecular formula is C15H13N2O. The summed E-state index contributed by atoms with van der Waals surface area (Å²) >= 11 is 0. The number of fused-ring (bicyclic) bond motifs is 3. The number of anilines is 1. The number of benzene rings is 2. The standard InChI is InChI=1S/C15H13N2O/c1-17-13-9-5-4-7-11(13)10-6-2-3-8-12(10)14(16)15(17)18/h2-9,14,16H,1H3. The van der Waals surface area contributed by atoms with Gasteiger partial charge in [0.15, 0.2) is 0 Å². The lowest BCUT2D eigenvalue weighted by molar-refractivity contribution is -0.119. The van der Waals surface area contributed by atoms with Gasteiger partial charge in [-0.05, 0) is 17.2 Å². The zero-order valence-corrected chi connectivity index (χ0v) is 10.1. The minimum atomic E-state index is -0.849. The average Bonchev–Trinajstić information content (AvgIpc) is 2.51. The number of amides is 1. The Kier molecular flexibility index (Phi) is 2.42. The minimum absolute atomic E-state index is 0.188. The van der Waals surface area contributed by atoms with Crippen molar-refractivity contribution in [1.29, 1.82) is 0 Å². The van der Waals surface area contributed by atoms with Gasteiger partial charge in [0.2, 0.25) is 5.91 Å². The molecule has 3 rings (SSSR count). The number of nitrogens with zero attached hydrogens (tertiary/aromatic N) is 1. The van der Waals surface area contributed by atoms with E-state index in [1.54, 1.807) is 11.9 Å². The Morgan fingerprint density at radius 3 is 2.39 bits per heavy atom. The van der Waals surface area contributed by atoms with E-state index in [9.17, 15) is 4.79 Å². The highest BCUT2D eigenvalue weighted by Crippen LogP contribution is 2.38. The Morgan fingerprint density at radius 2 is 1.61 bits per heavy atom. The average molecular weight is 237 g/mol. The molecule has 0 spiro atoms. The van der Waals surface area contributed by atoms with E-state index in [1.165, 1.54) is 0 Å². The molecule has 3 heteroatoms. The first-order valence-corrected chi connectivity index (χ1v) is 5.87. The second-order valence-corrected chi connectivity index (χ2v) is 4.43. The Balaban J connectivity index is 2.36. The lowest BCUT2D eigenvalue weighted by atomic mass is 9.96.